The lowest BCUT2D eigenvalue weighted by Gasteiger charge is -2.15. The Balaban J connectivity index is 2.02. The average molecular weight is 429 g/mol. The number of halogens is 4. The lowest BCUT2D eigenvalue weighted by atomic mass is 10.1. The third-order valence-corrected chi connectivity index (χ3v) is 5.93. The van der Waals surface area contributed by atoms with Crippen molar-refractivity contribution in [2.24, 2.45) is 0 Å². The van der Waals surface area contributed by atoms with E-state index in [2.05, 4.69) is 15.9 Å². The molecule has 0 fully saturated rings. The van der Waals surface area contributed by atoms with Crippen LogP contribution in [0.5, 0.6) is 11.5 Å². The van der Waals surface area contributed by atoms with E-state index in [0.717, 1.165) is 17.5 Å². The van der Waals surface area contributed by atoms with Crippen LogP contribution in [-0.2, 0) is 0 Å². The zero-order valence-corrected chi connectivity index (χ0v) is 15.3. The topological polar surface area (TPSA) is 18.5 Å². The van der Waals surface area contributed by atoms with Gasteiger partial charge in [-0.2, -0.15) is 0 Å². The van der Waals surface area contributed by atoms with Crippen LogP contribution >= 0.6 is 62.1 Å². The van der Waals surface area contributed by atoms with Gasteiger partial charge >= 0.3 is 0 Å². The highest BCUT2D eigenvalue weighted by Crippen LogP contribution is 2.46. The fourth-order valence-corrected chi connectivity index (χ4v) is 5.04. The van der Waals surface area contributed by atoms with Gasteiger partial charge in [0, 0.05) is 23.1 Å². The molecule has 21 heavy (non-hydrogen) atoms. The fraction of sp³-hybridized carbons (Fsp3) is 0.286. The van der Waals surface area contributed by atoms with Crippen LogP contribution in [0, 0.1) is 0 Å². The first-order valence-electron chi connectivity index (χ1n) is 6.24. The van der Waals surface area contributed by atoms with E-state index in [0.29, 0.717) is 38.4 Å². The van der Waals surface area contributed by atoms with Crippen LogP contribution in [0.2, 0.25) is 13.7 Å². The van der Waals surface area contributed by atoms with Crippen molar-refractivity contribution in [2.75, 3.05) is 13.2 Å². The van der Waals surface area contributed by atoms with Crippen LogP contribution < -0.4 is 9.47 Å². The minimum absolute atomic E-state index is 0.154. The molecule has 0 aliphatic carbocycles. The molecular weight excluding hydrogens is 418 g/mol. The Hall–Kier alpha value is -0.130. The van der Waals surface area contributed by atoms with Gasteiger partial charge in [-0.15, -0.1) is 11.3 Å². The van der Waals surface area contributed by atoms with Crippen LogP contribution in [0.4, 0.5) is 0 Å². The van der Waals surface area contributed by atoms with Crippen molar-refractivity contribution in [3.05, 3.63) is 43.0 Å². The third kappa shape index (κ3) is 3.30. The molecule has 1 aromatic carbocycles. The molecule has 0 N–H and O–H groups in total. The highest BCUT2D eigenvalue weighted by molar-refractivity contribution is 9.09. The molecule has 112 valence electrons. The van der Waals surface area contributed by atoms with E-state index in [1.807, 2.05) is 12.1 Å². The molecular formula is C14H10BrCl3O2S. The zero-order chi connectivity index (χ0) is 15.0. The highest BCUT2D eigenvalue weighted by atomic mass is 79.9. The van der Waals surface area contributed by atoms with Gasteiger partial charge in [-0.1, -0.05) is 50.7 Å². The van der Waals surface area contributed by atoms with Crippen LogP contribution in [0.15, 0.2) is 18.2 Å². The van der Waals surface area contributed by atoms with Crippen molar-refractivity contribution in [3.8, 4) is 11.5 Å². The SMILES string of the molecule is Clc1cc(C(Br)c2cc3c(cc2Cl)OCCCO3)c(Cl)s1. The number of hydrogen-bond donors (Lipinski definition) is 0. The first-order chi connectivity index (χ1) is 10.1. The van der Waals surface area contributed by atoms with E-state index in [-0.39, 0.29) is 4.83 Å². The van der Waals surface area contributed by atoms with Gasteiger partial charge in [0.05, 0.1) is 26.7 Å². The molecule has 0 radical (unpaired) electrons. The molecule has 0 saturated carbocycles. The van der Waals surface area contributed by atoms with Gasteiger partial charge in [0.2, 0.25) is 0 Å². The first-order valence-corrected chi connectivity index (χ1v) is 9.10. The van der Waals surface area contributed by atoms with Crippen molar-refractivity contribution in [1.82, 2.24) is 0 Å². The number of rotatable bonds is 2. The van der Waals surface area contributed by atoms with Gasteiger partial charge in [0.15, 0.2) is 11.5 Å². The van der Waals surface area contributed by atoms with E-state index in [4.69, 9.17) is 44.3 Å². The summed E-state index contributed by atoms with van der Waals surface area (Å²) in [6.45, 7) is 1.26. The number of benzene rings is 1. The Morgan fingerprint density at radius 2 is 1.67 bits per heavy atom. The minimum atomic E-state index is -0.154. The summed E-state index contributed by atoms with van der Waals surface area (Å²) in [5.74, 6) is 1.38. The number of ether oxygens (including phenoxy) is 2. The summed E-state index contributed by atoms with van der Waals surface area (Å²) < 4.78 is 12.6. The van der Waals surface area contributed by atoms with Crippen LogP contribution in [-0.4, -0.2) is 13.2 Å². The van der Waals surface area contributed by atoms with Crippen molar-refractivity contribution in [2.45, 2.75) is 11.2 Å². The molecule has 1 aliphatic rings. The summed E-state index contributed by atoms with van der Waals surface area (Å²) in [6, 6.07) is 5.52. The standard InChI is InChI=1S/C14H10BrCl3O2S/c15-13(8-5-12(17)21-14(8)18)7-4-10-11(6-9(7)16)20-3-1-2-19-10/h4-6,13H,1-3H2. The molecule has 0 spiro atoms. The highest BCUT2D eigenvalue weighted by Gasteiger charge is 2.22. The molecule has 0 amide bonds. The Morgan fingerprint density at radius 1 is 1.00 bits per heavy atom. The number of hydrogen-bond acceptors (Lipinski definition) is 3. The second-order valence-electron chi connectivity index (χ2n) is 4.51. The molecule has 1 aliphatic heterocycles. The van der Waals surface area contributed by atoms with Crippen LogP contribution in [0.25, 0.3) is 0 Å². The van der Waals surface area contributed by atoms with Gasteiger partial charge < -0.3 is 9.47 Å². The monoisotopic (exact) mass is 426 g/mol. The Kier molecular flexibility index (Phi) is 4.91. The smallest absolute Gasteiger partial charge is 0.162 e. The van der Waals surface area contributed by atoms with Crippen molar-refractivity contribution >= 4 is 62.1 Å². The van der Waals surface area contributed by atoms with Crippen LogP contribution in [0.3, 0.4) is 0 Å². The molecule has 2 aromatic rings. The Bertz CT molecular complexity index is 674. The predicted molar refractivity (Wildman–Crippen MR) is 92.2 cm³/mol. The normalized spacial score (nSPS) is 15.6. The summed E-state index contributed by atoms with van der Waals surface area (Å²) in [4.78, 5) is -0.154. The van der Waals surface area contributed by atoms with Gasteiger partial charge in [0.25, 0.3) is 0 Å². The third-order valence-electron chi connectivity index (χ3n) is 3.10. The Morgan fingerprint density at radius 3 is 2.29 bits per heavy atom. The van der Waals surface area contributed by atoms with E-state index in [1.54, 1.807) is 6.07 Å². The summed E-state index contributed by atoms with van der Waals surface area (Å²) in [7, 11) is 0. The van der Waals surface area contributed by atoms with E-state index < -0.39 is 0 Å². The van der Waals surface area contributed by atoms with E-state index >= 15 is 0 Å². The zero-order valence-electron chi connectivity index (χ0n) is 10.7. The lowest BCUT2D eigenvalue weighted by Crippen LogP contribution is -1.97. The fourth-order valence-electron chi connectivity index (χ4n) is 2.09. The number of thiophene rings is 1. The van der Waals surface area contributed by atoms with Gasteiger partial charge in [-0.25, -0.2) is 0 Å². The average Bonchev–Trinajstić information content (AvgIpc) is 2.64. The van der Waals surface area contributed by atoms with Crippen molar-refractivity contribution < 1.29 is 9.47 Å². The largest absolute Gasteiger partial charge is 0.490 e. The number of fused-ring (bicyclic) bond motifs is 1. The first kappa shape index (κ1) is 15.8. The molecule has 2 nitrogen and oxygen atoms in total. The minimum Gasteiger partial charge on any atom is -0.490 e. The molecule has 3 rings (SSSR count). The maximum absolute atomic E-state index is 6.38. The molecule has 7 heteroatoms. The van der Waals surface area contributed by atoms with Gasteiger partial charge in [-0.3, -0.25) is 0 Å². The van der Waals surface area contributed by atoms with Gasteiger partial charge in [0.1, 0.15) is 0 Å². The quantitative estimate of drug-likeness (QED) is 0.519. The maximum atomic E-state index is 6.38. The van der Waals surface area contributed by atoms with E-state index in [9.17, 15) is 0 Å². The van der Waals surface area contributed by atoms with Crippen molar-refractivity contribution in [1.29, 1.82) is 0 Å². The van der Waals surface area contributed by atoms with Crippen LogP contribution in [0.1, 0.15) is 22.4 Å². The molecule has 1 aromatic heterocycles. The molecule has 0 saturated heterocycles. The second-order valence-corrected chi connectivity index (χ2v) is 8.12. The van der Waals surface area contributed by atoms with E-state index in [1.165, 1.54) is 11.3 Å². The molecule has 2 heterocycles. The molecule has 0 bridgehead atoms. The summed E-state index contributed by atoms with van der Waals surface area (Å²) >= 11 is 23.6. The van der Waals surface area contributed by atoms with Crippen molar-refractivity contribution in [3.63, 3.8) is 0 Å². The predicted octanol–water partition coefficient (Wildman–Crippen LogP) is 6.35. The summed E-state index contributed by atoms with van der Waals surface area (Å²) in [6.07, 6.45) is 0.853. The maximum Gasteiger partial charge on any atom is 0.162 e. The molecule has 1 unspecified atom stereocenters. The summed E-state index contributed by atoms with van der Waals surface area (Å²) in [5, 5.41) is 0.597. The second kappa shape index (κ2) is 6.55. The Labute approximate surface area is 150 Å². The van der Waals surface area contributed by atoms with Gasteiger partial charge in [-0.05, 0) is 17.7 Å². The molecule has 1 atom stereocenters. The number of alkyl halides is 1. The lowest BCUT2D eigenvalue weighted by molar-refractivity contribution is 0.297. The summed E-state index contributed by atoms with van der Waals surface area (Å²) in [5.41, 5.74) is 1.76.